The van der Waals surface area contributed by atoms with Gasteiger partial charge in [-0.1, -0.05) is 30.8 Å². The van der Waals surface area contributed by atoms with Gasteiger partial charge in [-0.2, -0.15) is 5.10 Å². The first-order valence-electron chi connectivity index (χ1n) is 11.1. The minimum atomic E-state index is -0.210. The number of aryl methyl sites for hydroxylation is 2. The Hall–Kier alpha value is -4.72. The molecule has 2 aromatic carbocycles. The second-order valence-corrected chi connectivity index (χ2v) is 8.56. The van der Waals surface area contributed by atoms with E-state index in [0.717, 1.165) is 44.7 Å². The smallest absolute Gasteiger partial charge is 0.250 e. The number of fused-ring (bicyclic) bond motifs is 1. The molecule has 0 radical (unpaired) electrons. The molecule has 3 N–H and O–H groups in total. The zero-order valence-electron chi connectivity index (χ0n) is 19.8. The van der Waals surface area contributed by atoms with Crippen LogP contribution in [-0.4, -0.2) is 30.2 Å². The summed E-state index contributed by atoms with van der Waals surface area (Å²) in [4.78, 5) is 20.8. The van der Waals surface area contributed by atoms with Crippen LogP contribution >= 0.6 is 0 Å². The van der Waals surface area contributed by atoms with Crippen molar-refractivity contribution in [3.63, 3.8) is 0 Å². The summed E-state index contributed by atoms with van der Waals surface area (Å²) in [7, 11) is 1.96. The van der Waals surface area contributed by atoms with Crippen LogP contribution < -0.4 is 11.1 Å². The monoisotopic (exact) mass is 463 g/mol. The third-order valence-electron chi connectivity index (χ3n) is 5.93. The molecule has 5 rings (SSSR count). The van der Waals surface area contributed by atoms with Crippen molar-refractivity contribution in [2.24, 2.45) is 7.05 Å². The lowest BCUT2D eigenvalue weighted by Gasteiger charge is -2.11. The number of carbonyl (C=O) groups excluding carboxylic acids is 1. The van der Waals surface area contributed by atoms with Crippen LogP contribution in [0, 0.1) is 6.92 Å². The molecule has 0 saturated carbocycles. The maximum atomic E-state index is 12.0. The van der Waals surface area contributed by atoms with Crippen molar-refractivity contribution in [2.75, 3.05) is 11.1 Å². The van der Waals surface area contributed by atoms with Gasteiger partial charge in [-0.3, -0.25) is 4.79 Å². The summed E-state index contributed by atoms with van der Waals surface area (Å²) >= 11 is 0. The zero-order chi connectivity index (χ0) is 24.7. The Balaban J connectivity index is 1.64. The number of nitrogens with two attached hydrogens (primary N) is 1. The molecule has 0 bridgehead atoms. The van der Waals surface area contributed by atoms with Crippen molar-refractivity contribution in [3.8, 4) is 28.1 Å². The van der Waals surface area contributed by atoms with Gasteiger partial charge in [0.1, 0.15) is 17.8 Å². The topological polar surface area (TPSA) is 104 Å². The highest BCUT2D eigenvalue weighted by atomic mass is 16.1. The zero-order valence-corrected chi connectivity index (χ0v) is 19.8. The average Bonchev–Trinajstić information content (AvgIpc) is 3.41. The van der Waals surface area contributed by atoms with Gasteiger partial charge in [-0.25, -0.2) is 14.6 Å². The standard InChI is InChI=1S/C27H25N7O/c1-16(2)27(35)32-20-9-5-19(6-10-20)24-22(23-25(28)29-15-30-26(23)33(24)4)18-7-11-21(12-8-18)34-14-17(3)13-31-34/h5-15H,1H2,2-4H3,(H,32,35)(H2,28,29,30). The number of aromatic nitrogens is 5. The normalized spacial score (nSPS) is 11.1. The summed E-state index contributed by atoms with van der Waals surface area (Å²) in [5, 5.41) is 8.04. The number of benzene rings is 2. The van der Waals surface area contributed by atoms with Gasteiger partial charge in [0, 0.05) is 30.1 Å². The summed E-state index contributed by atoms with van der Waals surface area (Å²) in [6, 6.07) is 15.8. The van der Waals surface area contributed by atoms with E-state index in [2.05, 4.69) is 39.1 Å². The van der Waals surface area contributed by atoms with E-state index in [1.165, 1.54) is 6.33 Å². The highest BCUT2D eigenvalue weighted by molar-refractivity contribution is 6.08. The molecule has 0 unspecified atom stereocenters. The lowest BCUT2D eigenvalue weighted by atomic mass is 9.98. The Labute approximate surface area is 202 Å². The highest BCUT2D eigenvalue weighted by Crippen LogP contribution is 2.41. The summed E-state index contributed by atoms with van der Waals surface area (Å²) in [6.07, 6.45) is 5.29. The van der Waals surface area contributed by atoms with E-state index in [9.17, 15) is 4.79 Å². The van der Waals surface area contributed by atoms with Crippen molar-refractivity contribution >= 4 is 28.4 Å². The van der Waals surface area contributed by atoms with Crippen LogP contribution in [0.25, 0.3) is 39.1 Å². The van der Waals surface area contributed by atoms with Crippen molar-refractivity contribution in [1.29, 1.82) is 0 Å². The maximum Gasteiger partial charge on any atom is 0.250 e. The molecule has 8 heteroatoms. The fourth-order valence-electron chi connectivity index (χ4n) is 4.18. The Morgan fingerprint density at radius 1 is 1.03 bits per heavy atom. The van der Waals surface area contributed by atoms with Gasteiger partial charge in [0.15, 0.2) is 0 Å². The first-order valence-corrected chi connectivity index (χ1v) is 11.1. The number of amides is 1. The van der Waals surface area contributed by atoms with E-state index in [4.69, 9.17) is 5.73 Å². The second kappa shape index (κ2) is 8.57. The van der Waals surface area contributed by atoms with E-state index in [1.807, 2.05) is 72.0 Å². The van der Waals surface area contributed by atoms with Gasteiger partial charge in [0.05, 0.1) is 23.0 Å². The SMILES string of the molecule is C=C(C)C(=O)Nc1ccc(-c2c(-c3ccc(-n4cc(C)cn4)cc3)c3c(N)ncnc3n2C)cc1. The van der Waals surface area contributed by atoms with E-state index in [-0.39, 0.29) is 5.91 Å². The summed E-state index contributed by atoms with van der Waals surface area (Å²) in [5.74, 6) is 0.211. The molecule has 0 atom stereocenters. The molecular weight excluding hydrogens is 438 g/mol. The molecule has 0 saturated heterocycles. The summed E-state index contributed by atoms with van der Waals surface area (Å²) in [5.41, 5.74) is 14.1. The van der Waals surface area contributed by atoms with Crippen LogP contribution in [-0.2, 0) is 11.8 Å². The predicted molar refractivity (Wildman–Crippen MR) is 139 cm³/mol. The van der Waals surface area contributed by atoms with Crippen molar-refractivity contribution < 1.29 is 4.79 Å². The van der Waals surface area contributed by atoms with E-state index >= 15 is 0 Å². The molecule has 8 nitrogen and oxygen atoms in total. The summed E-state index contributed by atoms with van der Waals surface area (Å²) in [6.45, 7) is 7.38. The lowest BCUT2D eigenvalue weighted by molar-refractivity contribution is -0.112. The molecule has 1 amide bonds. The number of nitrogen functional groups attached to an aromatic ring is 1. The Bertz CT molecular complexity index is 1570. The van der Waals surface area contributed by atoms with Crippen LogP contribution in [0.4, 0.5) is 11.5 Å². The first-order chi connectivity index (χ1) is 16.8. The number of anilines is 2. The number of hydrogen-bond donors (Lipinski definition) is 2. The van der Waals surface area contributed by atoms with E-state index in [0.29, 0.717) is 17.1 Å². The third-order valence-corrected chi connectivity index (χ3v) is 5.93. The first kappa shape index (κ1) is 22.1. The highest BCUT2D eigenvalue weighted by Gasteiger charge is 2.22. The van der Waals surface area contributed by atoms with Gasteiger partial charge in [-0.15, -0.1) is 0 Å². The van der Waals surface area contributed by atoms with Crippen molar-refractivity contribution in [3.05, 3.63) is 85.0 Å². The molecule has 0 aliphatic carbocycles. The minimum absolute atomic E-state index is 0.210. The predicted octanol–water partition coefficient (Wildman–Crippen LogP) is 4.89. The second-order valence-electron chi connectivity index (χ2n) is 8.56. The molecule has 0 aliphatic rings. The van der Waals surface area contributed by atoms with Gasteiger partial charge in [-0.05, 0) is 54.8 Å². The van der Waals surface area contributed by atoms with Crippen LogP contribution in [0.15, 0.2) is 79.4 Å². The molecule has 3 aromatic heterocycles. The molecule has 174 valence electrons. The minimum Gasteiger partial charge on any atom is -0.383 e. The van der Waals surface area contributed by atoms with Gasteiger partial charge >= 0.3 is 0 Å². The maximum absolute atomic E-state index is 12.0. The molecular formula is C27H25N7O. The molecule has 3 heterocycles. The Morgan fingerprint density at radius 3 is 2.34 bits per heavy atom. The number of hydrogen-bond acceptors (Lipinski definition) is 5. The largest absolute Gasteiger partial charge is 0.383 e. The van der Waals surface area contributed by atoms with Gasteiger partial charge in [0.2, 0.25) is 0 Å². The van der Waals surface area contributed by atoms with Crippen LogP contribution in [0.3, 0.4) is 0 Å². The lowest BCUT2D eigenvalue weighted by Crippen LogP contribution is -2.11. The van der Waals surface area contributed by atoms with Crippen LogP contribution in [0.2, 0.25) is 0 Å². The molecule has 0 fully saturated rings. The van der Waals surface area contributed by atoms with Gasteiger partial charge in [0.25, 0.3) is 5.91 Å². The van der Waals surface area contributed by atoms with E-state index in [1.54, 1.807) is 6.92 Å². The Morgan fingerprint density at radius 2 is 1.71 bits per heavy atom. The number of carbonyl (C=O) groups is 1. The fourth-order valence-corrected chi connectivity index (χ4v) is 4.18. The quantitative estimate of drug-likeness (QED) is 0.361. The Kier molecular flexibility index (Phi) is 5.41. The average molecular weight is 464 g/mol. The molecule has 0 aliphatic heterocycles. The molecule has 35 heavy (non-hydrogen) atoms. The summed E-state index contributed by atoms with van der Waals surface area (Å²) < 4.78 is 3.87. The number of rotatable bonds is 5. The molecule has 5 aromatic rings. The third kappa shape index (κ3) is 3.95. The van der Waals surface area contributed by atoms with Gasteiger partial charge < -0.3 is 15.6 Å². The van der Waals surface area contributed by atoms with Crippen LogP contribution in [0.5, 0.6) is 0 Å². The van der Waals surface area contributed by atoms with E-state index < -0.39 is 0 Å². The van der Waals surface area contributed by atoms with Crippen LogP contribution in [0.1, 0.15) is 12.5 Å². The van der Waals surface area contributed by atoms with Crippen molar-refractivity contribution in [1.82, 2.24) is 24.3 Å². The molecule has 0 spiro atoms. The number of nitrogens with one attached hydrogen (secondary N) is 1. The number of nitrogens with zero attached hydrogens (tertiary/aromatic N) is 5. The van der Waals surface area contributed by atoms with Crippen molar-refractivity contribution in [2.45, 2.75) is 13.8 Å². The fraction of sp³-hybridized carbons (Fsp3) is 0.111.